The van der Waals surface area contributed by atoms with Crippen molar-refractivity contribution in [2.24, 2.45) is 11.3 Å². The lowest BCUT2D eigenvalue weighted by Crippen LogP contribution is -2.47. The van der Waals surface area contributed by atoms with Crippen LogP contribution >= 0.6 is 0 Å². The predicted octanol–water partition coefficient (Wildman–Crippen LogP) is 1.21. The first kappa shape index (κ1) is 15.8. The number of urea groups is 1. The molecule has 0 spiro atoms. The molecule has 4 amide bonds. The number of carbonyl (C=O) groups excluding carboxylic acids is 3. The van der Waals surface area contributed by atoms with Gasteiger partial charge in [0.1, 0.15) is 12.6 Å². The second-order valence-corrected chi connectivity index (χ2v) is 7.26. The number of hydrogen-bond acceptors (Lipinski definition) is 3. The van der Waals surface area contributed by atoms with E-state index in [0.29, 0.717) is 12.5 Å². The van der Waals surface area contributed by atoms with Crippen LogP contribution in [0.15, 0.2) is 0 Å². The summed E-state index contributed by atoms with van der Waals surface area (Å²) in [6, 6.07) is -1.02. The van der Waals surface area contributed by atoms with Gasteiger partial charge < -0.3 is 10.2 Å². The molecule has 2 heterocycles. The van der Waals surface area contributed by atoms with Gasteiger partial charge in [0.2, 0.25) is 5.91 Å². The molecule has 0 aliphatic carbocycles. The molecule has 0 aromatic heterocycles. The molecule has 118 valence electrons. The largest absolute Gasteiger partial charge is 0.341 e. The van der Waals surface area contributed by atoms with Crippen molar-refractivity contribution in [2.45, 2.75) is 46.6 Å². The predicted molar refractivity (Wildman–Crippen MR) is 78.5 cm³/mol. The lowest BCUT2D eigenvalue weighted by atomic mass is 9.87. The first-order chi connectivity index (χ1) is 9.70. The molecular formula is C15H25N3O3. The van der Waals surface area contributed by atoms with E-state index in [0.717, 1.165) is 24.3 Å². The summed E-state index contributed by atoms with van der Waals surface area (Å²) in [4.78, 5) is 39.4. The number of carbonyl (C=O) groups is 3. The third-order valence-corrected chi connectivity index (χ3v) is 4.20. The molecule has 6 nitrogen and oxygen atoms in total. The topological polar surface area (TPSA) is 69.7 Å². The van der Waals surface area contributed by atoms with Crippen molar-refractivity contribution in [2.75, 3.05) is 19.6 Å². The Labute approximate surface area is 125 Å². The van der Waals surface area contributed by atoms with Crippen molar-refractivity contribution in [3.63, 3.8) is 0 Å². The van der Waals surface area contributed by atoms with Gasteiger partial charge in [-0.25, -0.2) is 4.79 Å². The fourth-order valence-electron chi connectivity index (χ4n) is 2.91. The smallest absolute Gasteiger partial charge is 0.325 e. The molecule has 2 fully saturated rings. The number of piperidine rings is 1. The maximum atomic E-state index is 12.3. The molecule has 21 heavy (non-hydrogen) atoms. The normalized spacial score (nSPS) is 27.0. The summed E-state index contributed by atoms with van der Waals surface area (Å²) >= 11 is 0. The van der Waals surface area contributed by atoms with Crippen molar-refractivity contribution in [1.82, 2.24) is 15.1 Å². The maximum Gasteiger partial charge on any atom is 0.325 e. The maximum absolute atomic E-state index is 12.3. The molecule has 0 bridgehead atoms. The van der Waals surface area contributed by atoms with Gasteiger partial charge in [0.15, 0.2) is 0 Å². The zero-order valence-electron chi connectivity index (χ0n) is 13.3. The van der Waals surface area contributed by atoms with Gasteiger partial charge in [0.05, 0.1) is 0 Å². The summed E-state index contributed by atoms with van der Waals surface area (Å²) in [5.41, 5.74) is -0.357. The van der Waals surface area contributed by atoms with Gasteiger partial charge in [0.25, 0.3) is 5.91 Å². The highest BCUT2D eigenvalue weighted by molar-refractivity contribution is 6.06. The fourth-order valence-corrected chi connectivity index (χ4v) is 2.91. The number of likely N-dealkylation sites (tertiary alicyclic amines) is 1. The fraction of sp³-hybridized carbons (Fsp3) is 0.800. The standard InChI is InChI=1S/C15H25N3O3/c1-10-6-5-7-17(8-10)11(19)9-18-13(20)12(15(2,3)4)16-14(18)21/h10,12H,5-9H2,1-4H3,(H,16,21)/t10-,12-/m0/s1. The lowest BCUT2D eigenvalue weighted by molar-refractivity contribution is -0.139. The molecule has 2 aliphatic heterocycles. The Morgan fingerprint density at radius 1 is 1.33 bits per heavy atom. The average molecular weight is 295 g/mol. The van der Waals surface area contributed by atoms with Gasteiger partial charge in [0, 0.05) is 13.1 Å². The van der Waals surface area contributed by atoms with Gasteiger partial charge in [-0.3, -0.25) is 14.5 Å². The third-order valence-electron chi connectivity index (χ3n) is 4.20. The minimum Gasteiger partial charge on any atom is -0.341 e. The van der Waals surface area contributed by atoms with Crippen molar-refractivity contribution >= 4 is 17.8 Å². The number of nitrogens with one attached hydrogen (secondary N) is 1. The second-order valence-electron chi connectivity index (χ2n) is 7.26. The van der Waals surface area contributed by atoms with E-state index in [9.17, 15) is 14.4 Å². The van der Waals surface area contributed by atoms with Crippen LogP contribution in [0.25, 0.3) is 0 Å². The summed E-state index contributed by atoms with van der Waals surface area (Å²) in [6.45, 7) is 9.09. The van der Waals surface area contributed by atoms with Crippen LogP contribution in [0.2, 0.25) is 0 Å². The van der Waals surface area contributed by atoms with Crippen LogP contribution in [0.5, 0.6) is 0 Å². The first-order valence-electron chi connectivity index (χ1n) is 7.60. The molecule has 2 aliphatic rings. The summed E-state index contributed by atoms with van der Waals surface area (Å²) in [5, 5.41) is 2.68. The van der Waals surface area contributed by atoms with E-state index >= 15 is 0 Å². The highest BCUT2D eigenvalue weighted by Gasteiger charge is 2.45. The molecular weight excluding hydrogens is 270 g/mol. The highest BCUT2D eigenvalue weighted by Crippen LogP contribution is 2.25. The monoisotopic (exact) mass is 295 g/mol. The van der Waals surface area contributed by atoms with Crippen molar-refractivity contribution in [3.8, 4) is 0 Å². The molecule has 0 radical (unpaired) electrons. The van der Waals surface area contributed by atoms with Crippen LogP contribution in [0.4, 0.5) is 4.79 Å². The van der Waals surface area contributed by atoms with E-state index in [-0.39, 0.29) is 23.8 Å². The van der Waals surface area contributed by atoms with Crippen LogP contribution in [0, 0.1) is 11.3 Å². The number of imide groups is 1. The number of rotatable bonds is 2. The summed E-state index contributed by atoms with van der Waals surface area (Å²) in [5.74, 6) is 0.0404. The molecule has 6 heteroatoms. The number of nitrogens with zero attached hydrogens (tertiary/aromatic N) is 2. The molecule has 2 rings (SSSR count). The molecule has 0 unspecified atom stereocenters. The van der Waals surface area contributed by atoms with Gasteiger partial charge in [-0.05, 0) is 24.2 Å². The van der Waals surface area contributed by atoms with E-state index in [1.165, 1.54) is 0 Å². The Morgan fingerprint density at radius 3 is 2.52 bits per heavy atom. The third kappa shape index (κ3) is 3.36. The summed E-state index contributed by atoms with van der Waals surface area (Å²) in [6.07, 6.45) is 2.11. The summed E-state index contributed by atoms with van der Waals surface area (Å²) in [7, 11) is 0. The number of hydrogen-bond donors (Lipinski definition) is 1. The zero-order chi connectivity index (χ0) is 15.8. The van der Waals surface area contributed by atoms with Crippen LogP contribution in [0.3, 0.4) is 0 Å². The first-order valence-corrected chi connectivity index (χ1v) is 7.60. The second kappa shape index (κ2) is 5.66. The minimum absolute atomic E-state index is 0.139. The van der Waals surface area contributed by atoms with E-state index in [1.54, 1.807) is 4.90 Å². The quantitative estimate of drug-likeness (QED) is 0.779. The van der Waals surface area contributed by atoms with E-state index < -0.39 is 12.1 Å². The lowest BCUT2D eigenvalue weighted by Gasteiger charge is -2.31. The van der Waals surface area contributed by atoms with Crippen LogP contribution in [-0.2, 0) is 9.59 Å². The van der Waals surface area contributed by atoms with Crippen LogP contribution < -0.4 is 5.32 Å². The van der Waals surface area contributed by atoms with Gasteiger partial charge in [-0.1, -0.05) is 27.7 Å². The molecule has 1 N–H and O–H groups in total. The Kier molecular flexibility index (Phi) is 4.25. The van der Waals surface area contributed by atoms with Crippen LogP contribution in [0.1, 0.15) is 40.5 Å². The molecule has 0 aromatic rings. The van der Waals surface area contributed by atoms with Crippen LogP contribution in [-0.4, -0.2) is 53.3 Å². The Bertz CT molecular complexity index is 456. The van der Waals surface area contributed by atoms with E-state index in [1.807, 2.05) is 20.8 Å². The Balaban J connectivity index is 2.01. The Morgan fingerprint density at radius 2 is 2.00 bits per heavy atom. The van der Waals surface area contributed by atoms with E-state index in [2.05, 4.69) is 12.2 Å². The SMILES string of the molecule is C[C@H]1CCCN(C(=O)CN2C(=O)N[C@H](C(C)(C)C)C2=O)C1. The van der Waals surface area contributed by atoms with Gasteiger partial charge in [-0.15, -0.1) is 0 Å². The summed E-state index contributed by atoms with van der Waals surface area (Å²) < 4.78 is 0. The molecule has 0 aromatic carbocycles. The highest BCUT2D eigenvalue weighted by atomic mass is 16.2. The Hall–Kier alpha value is -1.59. The number of amides is 4. The molecule has 2 atom stereocenters. The van der Waals surface area contributed by atoms with Gasteiger partial charge >= 0.3 is 6.03 Å². The zero-order valence-corrected chi connectivity index (χ0v) is 13.3. The van der Waals surface area contributed by atoms with Crippen molar-refractivity contribution in [3.05, 3.63) is 0 Å². The van der Waals surface area contributed by atoms with Gasteiger partial charge in [-0.2, -0.15) is 0 Å². The minimum atomic E-state index is -0.557. The van der Waals surface area contributed by atoms with E-state index in [4.69, 9.17) is 0 Å². The van der Waals surface area contributed by atoms with Crippen molar-refractivity contribution < 1.29 is 14.4 Å². The van der Waals surface area contributed by atoms with Crippen molar-refractivity contribution in [1.29, 1.82) is 0 Å². The average Bonchev–Trinajstić information content (AvgIpc) is 2.66. The molecule has 2 saturated heterocycles. The molecule has 0 saturated carbocycles.